The number of aromatic amines is 1. The van der Waals surface area contributed by atoms with Crippen molar-refractivity contribution in [3.63, 3.8) is 0 Å². The number of ether oxygens (including phenoxy) is 1. The quantitative estimate of drug-likeness (QED) is 0.587. The Morgan fingerprint density at radius 2 is 2.55 bits per heavy atom. The molecule has 0 spiro atoms. The molecule has 11 heavy (non-hydrogen) atoms. The van der Waals surface area contributed by atoms with Crippen molar-refractivity contribution in [2.45, 2.75) is 0 Å². The Morgan fingerprint density at radius 1 is 1.73 bits per heavy atom. The summed E-state index contributed by atoms with van der Waals surface area (Å²) in [5.41, 5.74) is -0.305. The molecule has 0 aromatic carbocycles. The third-order valence-corrected chi connectivity index (χ3v) is 0.952. The van der Waals surface area contributed by atoms with Crippen molar-refractivity contribution < 1.29 is 9.53 Å². The van der Waals surface area contributed by atoms with Gasteiger partial charge in [-0.05, 0) is 0 Å². The van der Waals surface area contributed by atoms with Gasteiger partial charge in [0.2, 0.25) is 5.88 Å². The maximum Gasteiger partial charge on any atom is 0.254 e. The molecule has 0 aliphatic rings. The smallest absolute Gasteiger partial charge is 0.254 e. The van der Waals surface area contributed by atoms with Crippen molar-refractivity contribution in [2.24, 2.45) is 0 Å². The average molecular weight is 154 g/mol. The molecular formula is C6H6N2O3. The zero-order valence-electron chi connectivity index (χ0n) is 5.61. The SMILES string of the molecule is O=CCOc1cc(=O)[nH]cn1. The molecule has 1 aromatic rings. The molecule has 0 radical (unpaired) electrons. The van der Waals surface area contributed by atoms with Gasteiger partial charge in [-0.15, -0.1) is 0 Å². The predicted octanol–water partition coefficient (Wildman–Crippen LogP) is -0.652. The second-order valence-electron chi connectivity index (χ2n) is 1.73. The molecule has 1 rings (SSSR count). The minimum Gasteiger partial charge on any atom is -0.470 e. The van der Waals surface area contributed by atoms with Crippen molar-refractivity contribution in [1.29, 1.82) is 0 Å². The maximum atomic E-state index is 10.6. The van der Waals surface area contributed by atoms with Crippen molar-refractivity contribution >= 4 is 6.29 Å². The highest BCUT2D eigenvalue weighted by molar-refractivity contribution is 5.51. The highest BCUT2D eigenvalue weighted by Crippen LogP contribution is 1.96. The molecule has 1 N–H and O–H groups in total. The van der Waals surface area contributed by atoms with Crippen LogP contribution in [-0.4, -0.2) is 22.9 Å². The molecule has 0 amide bonds. The molecule has 5 heteroatoms. The number of hydrogen-bond acceptors (Lipinski definition) is 4. The third-order valence-electron chi connectivity index (χ3n) is 0.952. The van der Waals surface area contributed by atoms with Crippen LogP contribution in [0.3, 0.4) is 0 Å². The minimum absolute atomic E-state index is 0.0869. The summed E-state index contributed by atoms with van der Waals surface area (Å²) in [5.74, 6) is 0.154. The summed E-state index contributed by atoms with van der Waals surface area (Å²) >= 11 is 0. The number of nitrogens with zero attached hydrogens (tertiary/aromatic N) is 1. The Hall–Kier alpha value is -1.65. The van der Waals surface area contributed by atoms with Gasteiger partial charge in [-0.3, -0.25) is 9.59 Å². The second-order valence-corrected chi connectivity index (χ2v) is 1.73. The number of aldehydes is 1. The van der Waals surface area contributed by atoms with Crippen LogP contribution in [-0.2, 0) is 4.79 Å². The van der Waals surface area contributed by atoms with Crippen LogP contribution in [0.15, 0.2) is 17.2 Å². The Labute approximate surface area is 62.0 Å². The van der Waals surface area contributed by atoms with Gasteiger partial charge in [0.15, 0.2) is 6.29 Å². The fourth-order valence-corrected chi connectivity index (χ4v) is 0.549. The number of carbonyl (C=O) groups excluding carboxylic acids is 1. The summed E-state index contributed by atoms with van der Waals surface area (Å²) in [6, 6.07) is 1.17. The van der Waals surface area contributed by atoms with E-state index in [2.05, 4.69) is 9.97 Å². The number of nitrogens with one attached hydrogen (secondary N) is 1. The zero-order chi connectivity index (χ0) is 8.10. The predicted molar refractivity (Wildman–Crippen MR) is 36.4 cm³/mol. The van der Waals surface area contributed by atoms with Gasteiger partial charge < -0.3 is 9.72 Å². The fourth-order valence-electron chi connectivity index (χ4n) is 0.549. The largest absolute Gasteiger partial charge is 0.470 e. The molecule has 0 saturated carbocycles. The Bertz CT molecular complexity index is 294. The molecule has 0 fully saturated rings. The highest BCUT2D eigenvalue weighted by atomic mass is 16.5. The van der Waals surface area contributed by atoms with Gasteiger partial charge in [-0.1, -0.05) is 0 Å². The number of aromatic nitrogens is 2. The maximum absolute atomic E-state index is 10.6. The van der Waals surface area contributed by atoms with Gasteiger partial charge in [-0.25, -0.2) is 4.98 Å². The van der Waals surface area contributed by atoms with Crippen LogP contribution in [0.5, 0.6) is 5.88 Å². The van der Waals surface area contributed by atoms with E-state index in [1.165, 1.54) is 12.4 Å². The molecule has 0 unspecified atom stereocenters. The summed E-state index contributed by atoms with van der Waals surface area (Å²) in [6.07, 6.45) is 1.80. The van der Waals surface area contributed by atoms with Gasteiger partial charge in [-0.2, -0.15) is 0 Å². The number of H-pyrrole nitrogens is 1. The summed E-state index contributed by atoms with van der Waals surface area (Å²) < 4.78 is 4.74. The van der Waals surface area contributed by atoms with Crippen LogP contribution in [0.1, 0.15) is 0 Å². The molecule has 0 atom stereocenters. The zero-order valence-corrected chi connectivity index (χ0v) is 5.61. The van der Waals surface area contributed by atoms with Crippen LogP contribution in [0.4, 0.5) is 0 Å². The third kappa shape index (κ3) is 2.21. The van der Waals surface area contributed by atoms with E-state index in [1.54, 1.807) is 0 Å². The van der Waals surface area contributed by atoms with Crippen LogP contribution in [0.2, 0.25) is 0 Å². The van der Waals surface area contributed by atoms with Crippen molar-refractivity contribution in [3.05, 3.63) is 22.7 Å². The lowest BCUT2D eigenvalue weighted by molar-refractivity contribution is -0.109. The van der Waals surface area contributed by atoms with E-state index < -0.39 is 0 Å². The van der Waals surface area contributed by atoms with Crippen LogP contribution >= 0.6 is 0 Å². The summed E-state index contributed by atoms with van der Waals surface area (Å²) in [5, 5.41) is 0. The summed E-state index contributed by atoms with van der Waals surface area (Å²) in [6.45, 7) is -0.0869. The molecular weight excluding hydrogens is 148 g/mol. The first-order chi connectivity index (χ1) is 5.33. The lowest BCUT2D eigenvalue weighted by Crippen LogP contribution is -2.07. The van der Waals surface area contributed by atoms with E-state index >= 15 is 0 Å². The Morgan fingerprint density at radius 3 is 3.18 bits per heavy atom. The van der Waals surface area contributed by atoms with E-state index in [0.29, 0.717) is 6.29 Å². The molecule has 1 aromatic heterocycles. The summed E-state index contributed by atoms with van der Waals surface area (Å²) in [7, 11) is 0. The molecule has 5 nitrogen and oxygen atoms in total. The molecule has 0 saturated heterocycles. The van der Waals surface area contributed by atoms with Gasteiger partial charge in [0, 0.05) is 0 Å². The first-order valence-electron chi connectivity index (χ1n) is 2.94. The number of hydrogen-bond donors (Lipinski definition) is 1. The topological polar surface area (TPSA) is 72.1 Å². The molecule has 1 heterocycles. The van der Waals surface area contributed by atoms with Crippen molar-refractivity contribution in [1.82, 2.24) is 9.97 Å². The average Bonchev–Trinajstić information content (AvgIpc) is 2.01. The molecule has 0 aliphatic heterocycles. The Balaban J connectivity index is 2.71. The monoisotopic (exact) mass is 154 g/mol. The summed E-state index contributed by atoms with van der Waals surface area (Å²) in [4.78, 5) is 26.4. The minimum atomic E-state index is -0.305. The van der Waals surface area contributed by atoms with Crippen molar-refractivity contribution in [3.8, 4) is 5.88 Å². The number of carbonyl (C=O) groups is 1. The lowest BCUT2D eigenvalue weighted by Gasteiger charge is -1.96. The van der Waals surface area contributed by atoms with E-state index in [4.69, 9.17) is 4.74 Å². The second kappa shape index (κ2) is 3.50. The van der Waals surface area contributed by atoms with Crippen LogP contribution in [0.25, 0.3) is 0 Å². The highest BCUT2D eigenvalue weighted by Gasteiger charge is 1.92. The molecule has 0 aliphatic carbocycles. The van der Waals surface area contributed by atoms with Gasteiger partial charge in [0.25, 0.3) is 5.56 Å². The van der Waals surface area contributed by atoms with Gasteiger partial charge >= 0.3 is 0 Å². The van der Waals surface area contributed by atoms with Crippen molar-refractivity contribution in [2.75, 3.05) is 6.61 Å². The first kappa shape index (κ1) is 7.46. The van der Waals surface area contributed by atoms with E-state index in [1.807, 2.05) is 0 Å². The number of rotatable bonds is 3. The van der Waals surface area contributed by atoms with E-state index in [9.17, 15) is 9.59 Å². The van der Waals surface area contributed by atoms with E-state index in [-0.39, 0.29) is 18.0 Å². The standard InChI is InChI=1S/C6H6N2O3/c9-1-2-11-6-3-5(10)7-4-8-6/h1,3-4H,2H2,(H,7,8,10). The molecule has 58 valence electrons. The molecule has 0 bridgehead atoms. The van der Waals surface area contributed by atoms with E-state index in [0.717, 1.165) is 0 Å². The normalized spacial score (nSPS) is 9.09. The Kier molecular flexibility index (Phi) is 2.37. The van der Waals surface area contributed by atoms with Crippen LogP contribution in [0, 0.1) is 0 Å². The lowest BCUT2D eigenvalue weighted by atomic mass is 10.6. The first-order valence-corrected chi connectivity index (χ1v) is 2.94. The van der Waals surface area contributed by atoms with Crippen LogP contribution < -0.4 is 10.3 Å². The van der Waals surface area contributed by atoms with Gasteiger partial charge in [0.1, 0.15) is 6.61 Å². The fraction of sp³-hybridized carbons (Fsp3) is 0.167. The van der Waals surface area contributed by atoms with Gasteiger partial charge in [0.05, 0.1) is 12.4 Å².